The molecule has 2 aromatic rings. The second-order valence-electron chi connectivity index (χ2n) is 5.17. The van der Waals surface area contributed by atoms with Crippen LogP contribution in [0.5, 0.6) is 0 Å². The molecule has 1 heterocycles. The summed E-state index contributed by atoms with van der Waals surface area (Å²) in [6, 6.07) is 5.95. The Morgan fingerprint density at radius 1 is 1.40 bits per heavy atom. The van der Waals surface area contributed by atoms with E-state index in [1.807, 2.05) is 39.0 Å². The molecule has 1 N–H and O–H groups in total. The quantitative estimate of drug-likeness (QED) is 0.924. The molecule has 1 unspecified atom stereocenters. The van der Waals surface area contributed by atoms with Crippen LogP contribution in [0.3, 0.4) is 0 Å². The number of hydrogen-bond donors (Lipinski definition) is 1. The van der Waals surface area contributed by atoms with Gasteiger partial charge in [0.15, 0.2) is 11.4 Å². The maximum atomic E-state index is 11.6. The lowest BCUT2D eigenvalue weighted by molar-refractivity contribution is -0.147. The molecule has 0 aliphatic rings. The molecular weight excluding hydrogens is 256 g/mol. The van der Waals surface area contributed by atoms with E-state index in [0.717, 1.165) is 16.7 Å². The summed E-state index contributed by atoms with van der Waals surface area (Å²) in [7, 11) is 0. The van der Waals surface area contributed by atoms with Crippen molar-refractivity contribution in [3.8, 4) is 11.4 Å². The summed E-state index contributed by atoms with van der Waals surface area (Å²) in [6.45, 7) is 7.37. The van der Waals surface area contributed by atoms with Crippen molar-refractivity contribution in [2.45, 2.75) is 39.7 Å². The minimum absolute atomic E-state index is 0.394. The standard InChI is InChI=1S/C14H18N4O2/c1-5-14(4,13(19)20)18-12(15-16-17-18)11-8-9(2)6-7-10(11)3/h6-8H,5H2,1-4H3,(H,19,20). The van der Waals surface area contributed by atoms with Gasteiger partial charge in [0, 0.05) is 5.56 Å². The van der Waals surface area contributed by atoms with Crippen LogP contribution in [0, 0.1) is 13.8 Å². The van der Waals surface area contributed by atoms with E-state index in [1.165, 1.54) is 4.68 Å². The van der Waals surface area contributed by atoms with Gasteiger partial charge in [-0.3, -0.25) is 0 Å². The Labute approximate surface area is 117 Å². The molecular formula is C14H18N4O2. The highest BCUT2D eigenvalue weighted by atomic mass is 16.4. The molecule has 1 atom stereocenters. The second-order valence-corrected chi connectivity index (χ2v) is 5.17. The van der Waals surface area contributed by atoms with Gasteiger partial charge >= 0.3 is 5.97 Å². The molecule has 0 aliphatic heterocycles. The smallest absolute Gasteiger partial charge is 0.331 e. The van der Waals surface area contributed by atoms with Crippen LogP contribution in [0.25, 0.3) is 11.4 Å². The summed E-state index contributed by atoms with van der Waals surface area (Å²) in [5.41, 5.74) is 1.79. The number of carboxylic acid groups (broad SMARTS) is 1. The maximum absolute atomic E-state index is 11.6. The van der Waals surface area contributed by atoms with Gasteiger partial charge in [0.05, 0.1) is 0 Å². The van der Waals surface area contributed by atoms with E-state index >= 15 is 0 Å². The summed E-state index contributed by atoms with van der Waals surface area (Å²) in [5.74, 6) is -0.461. The van der Waals surface area contributed by atoms with E-state index in [-0.39, 0.29) is 0 Å². The van der Waals surface area contributed by atoms with Crippen molar-refractivity contribution in [1.82, 2.24) is 20.2 Å². The highest BCUT2D eigenvalue weighted by Crippen LogP contribution is 2.28. The molecule has 6 nitrogen and oxygen atoms in total. The Kier molecular flexibility index (Phi) is 3.57. The Morgan fingerprint density at radius 3 is 2.70 bits per heavy atom. The summed E-state index contributed by atoms with van der Waals surface area (Å²) in [6.07, 6.45) is 0.394. The lowest BCUT2D eigenvalue weighted by Crippen LogP contribution is -2.39. The molecule has 0 bridgehead atoms. The van der Waals surface area contributed by atoms with Crippen LogP contribution in [-0.2, 0) is 10.3 Å². The first-order chi connectivity index (χ1) is 9.40. The number of carboxylic acids is 1. The van der Waals surface area contributed by atoms with Crippen LogP contribution in [0.2, 0.25) is 0 Å². The van der Waals surface area contributed by atoms with Gasteiger partial charge in [0.1, 0.15) is 0 Å². The fourth-order valence-corrected chi connectivity index (χ4v) is 2.06. The van der Waals surface area contributed by atoms with Crippen LogP contribution in [-0.4, -0.2) is 31.3 Å². The van der Waals surface area contributed by atoms with Gasteiger partial charge in [-0.05, 0) is 49.2 Å². The maximum Gasteiger partial charge on any atom is 0.331 e. The van der Waals surface area contributed by atoms with Crippen LogP contribution in [0.15, 0.2) is 18.2 Å². The lowest BCUT2D eigenvalue weighted by atomic mass is 9.98. The van der Waals surface area contributed by atoms with Gasteiger partial charge in [-0.25, -0.2) is 9.48 Å². The average Bonchev–Trinajstić information content (AvgIpc) is 2.90. The molecule has 0 amide bonds. The van der Waals surface area contributed by atoms with Gasteiger partial charge in [0.2, 0.25) is 0 Å². The van der Waals surface area contributed by atoms with E-state index in [0.29, 0.717) is 12.2 Å². The van der Waals surface area contributed by atoms with Crippen molar-refractivity contribution >= 4 is 5.97 Å². The first-order valence-corrected chi connectivity index (χ1v) is 6.50. The molecule has 106 valence electrons. The molecule has 1 aromatic heterocycles. The fourth-order valence-electron chi connectivity index (χ4n) is 2.06. The Bertz CT molecular complexity index is 650. The van der Waals surface area contributed by atoms with Crippen molar-refractivity contribution in [2.75, 3.05) is 0 Å². The average molecular weight is 274 g/mol. The number of benzene rings is 1. The van der Waals surface area contributed by atoms with Crippen LogP contribution >= 0.6 is 0 Å². The zero-order chi connectivity index (χ0) is 14.9. The Morgan fingerprint density at radius 2 is 2.10 bits per heavy atom. The molecule has 0 saturated carbocycles. The monoisotopic (exact) mass is 274 g/mol. The van der Waals surface area contributed by atoms with Crippen LogP contribution in [0.4, 0.5) is 0 Å². The van der Waals surface area contributed by atoms with Gasteiger partial charge in [-0.15, -0.1) is 5.10 Å². The molecule has 0 radical (unpaired) electrons. The number of carbonyl (C=O) groups is 1. The summed E-state index contributed by atoms with van der Waals surface area (Å²) in [4.78, 5) is 11.6. The molecule has 0 spiro atoms. The molecule has 0 saturated heterocycles. The highest BCUT2D eigenvalue weighted by molar-refractivity contribution is 5.77. The van der Waals surface area contributed by atoms with E-state index in [4.69, 9.17) is 0 Å². The normalized spacial score (nSPS) is 14.0. The first kappa shape index (κ1) is 14.2. The fraction of sp³-hybridized carbons (Fsp3) is 0.429. The van der Waals surface area contributed by atoms with Crippen molar-refractivity contribution < 1.29 is 9.90 Å². The Balaban J connectivity index is 2.64. The van der Waals surface area contributed by atoms with Crippen LogP contribution < -0.4 is 0 Å². The highest BCUT2D eigenvalue weighted by Gasteiger charge is 2.37. The predicted molar refractivity (Wildman–Crippen MR) is 74.3 cm³/mol. The lowest BCUT2D eigenvalue weighted by Gasteiger charge is -2.24. The van der Waals surface area contributed by atoms with Crippen LogP contribution in [0.1, 0.15) is 31.4 Å². The number of rotatable bonds is 4. The molecule has 0 fully saturated rings. The third-order valence-corrected chi connectivity index (χ3v) is 3.72. The van der Waals surface area contributed by atoms with Gasteiger partial charge < -0.3 is 5.11 Å². The number of aryl methyl sites for hydroxylation is 2. The third kappa shape index (κ3) is 2.17. The van der Waals surface area contributed by atoms with E-state index in [9.17, 15) is 9.90 Å². The Hall–Kier alpha value is -2.24. The summed E-state index contributed by atoms with van der Waals surface area (Å²) < 4.78 is 1.40. The number of aromatic nitrogens is 4. The van der Waals surface area contributed by atoms with Crippen molar-refractivity contribution in [2.24, 2.45) is 0 Å². The van der Waals surface area contributed by atoms with Crippen molar-refractivity contribution in [3.63, 3.8) is 0 Å². The molecule has 2 rings (SSSR count). The topological polar surface area (TPSA) is 80.9 Å². The minimum atomic E-state index is -1.16. The predicted octanol–water partition coefficient (Wildman–Crippen LogP) is 2.17. The minimum Gasteiger partial charge on any atom is -0.479 e. The SMILES string of the molecule is CCC(C)(C(=O)O)n1nnnc1-c1cc(C)ccc1C. The van der Waals surface area contributed by atoms with Crippen molar-refractivity contribution in [3.05, 3.63) is 29.3 Å². The molecule has 20 heavy (non-hydrogen) atoms. The summed E-state index contributed by atoms with van der Waals surface area (Å²) >= 11 is 0. The molecule has 0 aliphatic carbocycles. The van der Waals surface area contributed by atoms with E-state index < -0.39 is 11.5 Å². The van der Waals surface area contributed by atoms with Gasteiger partial charge in [-0.1, -0.05) is 24.6 Å². The summed E-state index contributed by atoms with van der Waals surface area (Å²) in [5, 5.41) is 21.1. The zero-order valence-electron chi connectivity index (χ0n) is 12.1. The third-order valence-electron chi connectivity index (χ3n) is 3.72. The molecule has 1 aromatic carbocycles. The second kappa shape index (κ2) is 5.03. The molecule has 6 heteroatoms. The van der Waals surface area contributed by atoms with Gasteiger partial charge in [-0.2, -0.15) is 0 Å². The number of hydrogen-bond acceptors (Lipinski definition) is 4. The number of nitrogens with zero attached hydrogens (tertiary/aromatic N) is 4. The first-order valence-electron chi connectivity index (χ1n) is 6.50. The van der Waals surface area contributed by atoms with E-state index in [2.05, 4.69) is 15.5 Å². The largest absolute Gasteiger partial charge is 0.479 e. The van der Waals surface area contributed by atoms with E-state index in [1.54, 1.807) is 6.92 Å². The zero-order valence-corrected chi connectivity index (χ0v) is 12.1. The van der Waals surface area contributed by atoms with Crippen molar-refractivity contribution in [1.29, 1.82) is 0 Å². The number of aliphatic carboxylic acids is 1. The number of tetrazole rings is 1. The van der Waals surface area contributed by atoms with Gasteiger partial charge in [0.25, 0.3) is 0 Å².